The predicted octanol–water partition coefficient (Wildman–Crippen LogP) is 1.29. The van der Waals surface area contributed by atoms with Gasteiger partial charge in [-0.15, -0.1) is 0 Å². The van der Waals surface area contributed by atoms with Crippen LogP contribution in [0.25, 0.3) is 0 Å². The Kier molecular flexibility index (Phi) is 5.80. The quantitative estimate of drug-likeness (QED) is 0.789. The van der Waals surface area contributed by atoms with E-state index in [0.29, 0.717) is 5.92 Å². The van der Waals surface area contributed by atoms with Crippen LogP contribution in [0.5, 0.6) is 0 Å². The lowest BCUT2D eigenvalue weighted by Crippen LogP contribution is -2.40. The number of hydrogen-bond acceptors (Lipinski definition) is 5. The van der Waals surface area contributed by atoms with Crippen LogP contribution in [-0.4, -0.2) is 55.4 Å². The zero-order chi connectivity index (χ0) is 17.6. The number of H-pyrrole nitrogens is 1. The molecule has 0 saturated carbocycles. The topological polar surface area (TPSA) is 91.7 Å². The van der Waals surface area contributed by atoms with Gasteiger partial charge in [0, 0.05) is 18.9 Å². The van der Waals surface area contributed by atoms with E-state index >= 15 is 0 Å². The van der Waals surface area contributed by atoms with Crippen molar-refractivity contribution in [2.45, 2.75) is 45.7 Å². The average molecular weight is 345 g/mol. The molecule has 1 atom stereocenters. The normalized spacial score (nSPS) is 17.5. The molecule has 2 N–H and O–H groups in total. The van der Waals surface area contributed by atoms with Crippen molar-refractivity contribution >= 4 is 5.91 Å². The number of piperidine rings is 1. The van der Waals surface area contributed by atoms with Gasteiger partial charge in [-0.1, -0.05) is 6.92 Å². The minimum absolute atomic E-state index is 0.0600. The number of likely N-dealkylation sites (tertiary alicyclic amines) is 1. The summed E-state index contributed by atoms with van der Waals surface area (Å²) in [4.78, 5) is 19.2. The lowest BCUT2D eigenvalue weighted by molar-refractivity contribution is -0.125. The fraction of sp³-hybridized carbons (Fsp3) is 0.647. The summed E-state index contributed by atoms with van der Waals surface area (Å²) in [6.07, 6.45) is 6.46. The molecule has 3 heterocycles. The van der Waals surface area contributed by atoms with Crippen LogP contribution < -0.4 is 5.32 Å². The molecule has 2 aromatic heterocycles. The molecule has 1 aliphatic rings. The molecule has 1 saturated heterocycles. The van der Waals surface area contributed by atoms with Crippen LogP contribution in [-0.2, 0) is 11.3 Å². The Balaban J connectivity index is 1.40. The molecule has 1 aliphatic heterocycles. The van der Waals surface area contributed by atoms with E-state index in [-0.39, 0.29) is 11.9 Å². The molecular formula is C17H27N7O. The largest absolute Gasteiger partial charge is 0.354 e. The Morgan fingerprint density at radius 2 is 2.24 bits per heavy atom. The number of rotatable bonds is 7. The van der Waals surface area contributed by atoms with Gasteiger partial charge >= 0.3 is 0 Å². The van der Waals surface area contributed by atoms with E-state index in [4.69, 9.17) is 0 Å². The smallest absolute Gasteiger partial charge is 0.244 e. The lowest BCUT2D eigenvalue weighted by Gasteiger charge is -2.31. The van der Waals surface area contributed by atoms with E-state index in [0.717, 1.165) is 57.1 Å². The molecule has 25 heavy (non-hydrogen) atoms. The standard InChI is InChI=1S/C17H27N7O/c1-3-15(24-8-4-7-19-24)17(25)18-11-14-5-9-23(10-6-14)12-16-20-13(2)21-22-16/h4,7-8,14-15H,3,5-6,9-12H2,1-2H3,(H,18,25)(H,20,21,22). The highest BCUT2D eigenvalue weighted by atomic mass is 16.2. The third-order valence-corrected chi connectivity index (χ3v) is 4.81. The van der Waals surface area contributed by atoms with Crippen molar-refractivity contribution in [3.8, 4) is 0 Å². The van der Waals surface area contributed by atoms with Crippen LogP contribution in [0, 0.1) is 12.8 Å². The van der Waals surface area contributed by atoms with Crippen LogP contribution in [0.15, 0.2) is 18.5 Å². The maximum atomic E-state index is 12.4. The van der Waals surface area contributed by atoms with E-state index in [1.807, 2.05) is 26.1 Å². The number of nitrogens with zero attached hydrogens (tertiary/aromatic N) is 5. The van der Waals surface area contributed by atoms with Gasteiger partial charge in [0.15, 0.2) is 5.82 Å². The second-order valence-electron chi connectivity index (χ2n) is 6.71. The number of carbonyl (C=O) groups is 1. The summed E-state index contributed by atoms with van der Waals surface area (Å²) in [5.74, 6) is 2.30. The fourth-order valence-electron chi connectivity index (χ4n) is 3.33. The summed E-state index contributed by atoms with van der Waals surface area (Å²) in [5.41, 5.74) is 0. The molecule has 2 aromatic rings. The van der Waals surface area contributed by atoms with Gasteiger partial charge in [0.05, 0.1) is 6.54 Å². The Bertz CT molecular complexity index is 658. The summed E-state index contributed by atoms with van der Waals surface area (Å²) >= 11 is 0. The molecule has 1 fully saturated rings. The van der Waals surface area contributed by atoms with E-state index in [9.17, 15) is 4.79 Å². The molecule has 0 aliphatic carbocycles. The molecular weight excluding hydrogens is 318 g/mol. The molecule has 0 aromatic carbocycles. The minimum Gasteiger partial charge on any atom is -0.354 e. The molecule has 1 unspecified atom stereocenters. The van der Waals surface area contributed by atoms with Gasteiger partial charge in [-0.2, -0.15) is 10.2 Å². The van der Waals surface area contributed by atoms with Gasteiger partial charge in [-0.3, -0.25) is 19.5 Å². The molecule has 0 bridgehead atoms. The first-order chi connectivity index (χ1) is 12.2. The van der Waals surface area contributed by atoms with Gasteiger partial charge in [0.25, 0.3) is 0 Å². The van der Waals surface area contributed by atoms with Crippen molar-refractivity contribution in [1.29, 1.82) is 0 Å². The molecule has 0 radical (unpaired) electrons. The highest BCUT2D eigenvalue weighted by Gasteiger charge is 2.23. The zero-order valence-electron chi connectivity index (χ0n) is 15.0. The molecule has 8 nitrogen and oxygen atoms in total. The highest BCUT2D eigenvalue weighted by molar-refractivity contribution is 5.80. The number of nitrogens with one attached hydrogen (secondary N) is 2. The van der Waals surface area contributed by atoms with Gasteiger partial charge in [-0.05, 0) is 51.3 Å². The molecule has 1 amide bonds. The monoisotopic (exact) mass is 345 g/mol. The lowest BCUT2D eigenvalue weighted by atomic mass is 9.96. The zero-order valence-corrected chi connectivity index (χ0v) is 15.0. The van der Waals surface area contributed by atoms with Crippen LogP contribution >= 0.6 is 0 Å². The van der Waals surface area contributed by atoms with Crippen molar-refractivity contribution in [3.63, 3.8) is 0 Å². The third-order valence-electron chi connectivity index (χ3n) is 4.81. The predicted molar refractivity (Wildman–Crippen MR) is 93.7 cm³/mol. The second kappa shape index (κ2) is 8.24. The molecule has 136 valence electrons. The summed E-state index contributed by atoms with van der Waals surface area (Å²) < 4.78 is 1.73. The van der Waals surface area contributed by atoms with Gasteiger partial charge < -0.3 is 5.32 Å². The van der Waals surface area contributed by atoms with Crippen molar-refractivity contribution in [1.82, 2.24) is 35.2 Å². The summed E-state index contributed by atoms with van der Waals surface area (Å²) in [6, 6.07) is 1.63. The first-order valence-electron chi connectivity index (χ1n) is 9.02. The van der Waals surface area contributed by atoms with Crippen LogP contribution in [0.1, 0.15) is 43.9 Å². The van der Waals surface area contributed by atoms with Gasteiger partial charge in [0.1, 0.15) is 11.9 Å². The van der Waals surface area contributed by atoms with Crippen LogP contribution in [0.4, 0.5) is 0 Å². The highest BCUT2D eigenvalue weighted by Crippen LogP contribution is 2.18. The Hall–Kier alpha value is -2.22. The number of aryl methyl sites for hydroxylation is 1. The summed E-state index contributed by atoms with van der Waals surface area (Å²) in [5, 5.41) is 14.4. The molecule has 0 spiro atoms. The first kappa shape index (κ1) is 17.6. The summed E-state index contributed by atoms with van der Waals surface area (Å²) in [6.45, 7) is 7.49. The Morgan fingerprint density at radius 3 is 2.84 bits per heavy atom. The fourth-order valence-corrected chi connectivity index (χ4v) is 3.33. The van der Waals surface area contributed by atoms with Gasteiger partial charge in [0.2, 0.25) is 5.91 Å². The molecule has 3 rings (SSSR count). The van der Waals surface area contributed by atoms with E-state index in [2.05, 4.69) is 30.5 Å². The van der Waals surface area contributed by atoms with Crippen molar-refractivity contribution in [3.05, 3.63) is 30.1 Å². The number of amides is 1. The maximum absolute atomic E-state index is 12.4. The van der Waals surface area contributed by atoms with E-state index in [1.165, 1.54) is 0 Å². The second-order valence-corrected chi connectivity index (χ2v) is 6.71. The molecule has 8 heteroatoms. The van der Waals surface area contributed by atoms with Crippen molar-refractivity contribution in [2.24, 2.45) is 5.92 Å². The van der Waals surface area contributed by atoms with Crippen molar-refractivity contribution in [2.75, 3.05) is 19.6 Å². The van der Waals surface area contributed by atoms with E-state index < -0.39 is 0 Å². The van der Waals surface area contributed by atoms with Crippen molar-refractivity contribution < 1.29 is 4.79 Å². The number of hydrogen-bond donors (Lipinski definition) is 2. The SMILES string of the molecule is CCC(C(=O)NCC1CCN(Cc2n[nH]c(C)n2)CC1)n1cccn1. The summed E-state index contributed by atoms with van der Waals surface area (Å²) in [7, 11) is 0. The Labute approximate surface area is 148 Å². The average Bonchev–Trinajstić information content (AvgIpc) is 3.27. The maximum Gasteiger partial charge on any atom is 0.244 e. The number of aromatic amines is 1. The van der Waals surface area contributed by atoms with Gasteiger partial charge in [-0.25, -0.2) is 4.98 Å². The van der Waals surface area contributed by atoms with Crippen LogP contribution in [0.3, 0.4) is 0 Å². The third kappa shape index (κ3) is 4.66. The first-order valence-corrected chi connectivity index (χ1v) is 9.02. The van der Waals surface area contributed by atoms with Crippen LogP contribution in [0.2, 0.25) is 0 Å². The number of carbonyl (C=O) groups excluding carboxylic acids is 1. The minimum atomic E-state index is -0.218. The van der Waals surface area contributed by atoms with E-state index in [1.54, 1.807) is 10.9 Å². The number of aromatic nitrogens is 5. The Morgan fingerprint density at radius 1 is 1.44 bits per heavy atom.